The standard InChI is InChI=1S/C10H14N2O4/c1-5(2)9-6(3)8(12-16-9)10(15)11-4-7(13)14/h5H,4H2,1-3H3,(H,11,15)(H,13,14). The van der Waals surface area contributed by atoms with Gasteiger partial charge in [-0.15, -0.1) is 0 Å². The third kappa shape index (κ3) is 2.59. The van der Waals surface area contributed by atoms with Gasteiger partial charge in [0.25, 0.3) is 5.91 Å². The second-order valence-corrected chi connectivity index (χ2v) is 3.75. The van der Waals surface area contributed by atoms with E-state index in [9.17, 15) is 9.59 Å². The van der Waals surface area contributed by atoms with Crippen LogP contribution in [0.5, 0.6) is 0 Å². The fourth-order valence-corrected chi connectivity index (χ4v) is 1.34. The van der Waals surface area contributed by atoms with E-state index in [4.69, 9.17) is 9.63 Å². The molecule has 0 fully saturated rings. The van der Waals surface area contributed by atoms with Gasteiger partial charge in [-0.1, -0.05) is 19.0 Å². The summed E-state index contributed by atoms with van der Waals surface area (Å²) in [6.07, 6.45) is 0. The lowest BCUT2D eigenvalue weighted by atomic mass is 10.1. The van der Waals surface area contributed by atoms with E-state index in [1.807, 2.05) is 13.8 Å². The molecule has 0 saturated heterocycles. The summed E-state index contributed by atoms with van der Waals surface area (Å²) in [4.78, 5) is 21.8. The highest BCUT2D eigenvalue weighted by atomic mass is 16.5. The first kappa shape index (κ1) is 12.2. The van der Waals surface area contributed by atoms with Crippen LogP contribution in [0, 0.1) is 6.92 Å². The highest BCUT2D eigenvalue weighted by Crippen LogP contribution is 2.21. The maximum atomic E-state index is 11.5. The van der Waals surface area contributed by atoms with Crippen LogP contribution in [0.4, 0.5) is 0 Å². The van der Waals surface area contributed by atoms with Gasteiger partial charge in [-0.3, -0.25) is 9.59 Å². The van der Waals surface area contributed by atoms with Crippen molar-refractivity contribution in [3.8, 4) is 0 Å². The molecule has 0 aliphatic rings. The van der Waals surface area contributed by atoms with E-state index in [0.717, 1.165) is 0 Å². The molecular weight excluding hydrogens is 212 g/mol. The maximum absolute atomic E-state index is 11.5. The Labute approximate surface area is 92.6 Å². The Balaban J connectivity index is 2.80. The molecule has 1 rings (SSSR count). The molecule has 1 aromatic heterocycles. The van der Waals surface area contributed by atoms with E-state index >= 15 is 0 Å². The number of hydrogen-bond acceptors (Lipinski definition) is 4. The van der Waals surface area contributed by atoms with Gasteiger partial charge in [-0.05, 0) is 6.92 Å². The molecule has 88 valence electrons. The third-order valence-corrected chi connectivity index (χ3v) is 2.10. The quantitative estimate of drug-likeness (QED) is 0.796. The van der Waals surface area contributed by atoms with Crippen molar-refractivity contribution in [2.75, 3.05) is 6.54 Å². The van der Waals surface area contributed by atoms with Crippen molar-refractivity contribution in [1.82, 2.24) is 10.5 Å². The number of carbonyl (C=O) groups excluding carboxylic acids is 1. The predicted octanol–water partition coefficient (Wildman–Crippen LogP) is 0.921. The minimum absolute atomic E-state index is 0.133. The van der Waals surface area contributed by atoms with Crippen LogP contribution in [-0.4, -0.2) is 28.7 Å². The SMILES string of the molecule is Cc1c(C(=O)NCC(=O)O)noc1C(C)C. The fourth-order valence-electron chi connectivity index (χ4n) is 1.34. The highest BCUT2D eigenvalue weighted by Gasteiger charge is 2.20. The van der Waals surface area contributed by atoms with E-state index in [1.165, 1.54) is 0 Å². The first-order chi connectivity index (χ1) is 7.43. The van der Waals surface area contributed by atoms with Crippen molar-refractivity contribution >= 4 is 11.9 Å². The monoisotopic (exact) mass is 226 g/mol. The first-order valence-electron chi connectivity index (χ1n) is 4.89. The Morgan fingerprint density at radius 1 is 1.50 bits per heavy atom. The van der Waals surface area contributed by atoms with Gasteiger partial charge < -0.3 is 14.9 Å². The molecule has 0 saturated carbocycles. The lowest BCUT2D eigenvalue weighted by Crippen LogP contribution is -2.29. The van der Waals surface area contributed by atoms with Gasteiger partial charge in [0.05, 0.1) is 0 Å². The molecule has 0 aliphatic carbocycles. The van der Waals surface area contributed by atoms with Crippen LogP contribution in [-0.2, 0) is 4.79 Å². The first-order valence-corrected chi connectivity index (χ1v) is 4.89. The molecule has 1 aromatic rings. The Hall–Kier alpha value is -1.85. The minimum atomic E-state index is -1.10. The number of carboxylic acids is 1. The number of rotatable bonds is 4. The number of hydrogen-bond donors (Lipinski definition) is 2. The van der Waals surface area contributed by atoms with Crippen molar-refractivity contribution in [2.24, 2.45) is 0 Å². The smallest absolute Gasteiger partial charge is 0.322 e. The zero-order chi connectivity index (χ0) is 12.3. The van der Waals surface area contributed by atoms with E-state index in [-0.39, 0.29) is 11.6 Å². The van der Waals surface area contributed by atoms with Crippen molar-refractivity contribution in [2.45, 2.75) is 26.7 Å². The molecule has 1 heterocycles. The van der Waals surface area contributed by atoms with Crippen molar-refractivity contribution in [3.05, 3.63) is 17.0 Å². The van der Waals surface area contributed by atoms with Crippen LogP contribution in [0.3, 0.4) is 0 Å². The molecule has 0 atom stereocenters. The Morgan fingerprint density at radius 2 is 2.12 bits per heavy atom. The number of amides is 1. The zero-order valence-electron chi connectivity index (χ0n) is 9.40. The van der Waals surface area contributed by atoms with Crippen LogP contribution in [0.25, 0.3) is 0 Å². The number of carbonyl (C=O) groups is 2. The molecular formula is C10H14N2O4. The van der Waals surface area contributed by atoms with Crippen molar-refractivity contribution < 1.29 is 19.2 Å². The summed E-state index contributed by atoms with van der Waals surface area (Å²) >= 11 is 0. The van der Waals surface area contributed by atoms with Gasteiger partial charge in [0.15, 0.2) is 5.69 Å². The van der Waals surface area contributed by atoms with Crippen LogP contribution < -0.4 is 5.32 Å². The van der Waals surface area contributed by atoms with Crippen molar-refractivity contribution in [3.63, 3.8) is 0 Å². The molecule has 0 aliphatic heterocycles. The average Bonchev–Trinajstić information content (AvgIpc) is 2.56. The summed E-state index contributed by atoms with van der Waals surface area (Å²) in [5.74, 6) is -0.858. The summed E-state index contributed by atoms with van der Waals surface area (Å²) in [6.45, 7) is 5.14. The summed E-state index contributed by atoms with van der Waals surface area (Å²) in [6, 6.07) is 0. The Morgan fingerprint density at radius 3 is 2.56 bits per heavy atom. The molecule has 0 aromatic carbocycles. The molecule has 2 N–H and O–H groups in total. The van der Waals surface area contributed by atoms with E-state index in [1.54, 1.807) is 6.92 Å². The molecule has 0 unspecified atom stereocenters. The largest absolute Gasteiger partial charge is 0.480 e. The second-order valence-electron chi connectivity index (χ2n) is 3.75. The summed E-state index contributed by atoms with van der Waals surface area (Å²) < 4.78 is 5.03. The Kier molecular flexibility index (Phi) is 3.65. The van der Waals surface area contributed by atoms with Crippen molar-refractivity contribution in [1.29, 1.82) is 0 Å². The zero-order valence-corrected chi connectivity index (χ0v) is 9.40. The average molecular weight is 226 g/mol. The minimum Gasteiger partial charge on any atom is -0.480 e. The molecule has 0 spiro atoms. The van der Waals surface area contributed by atoms with Crippen LogP contribution in [0.15, 0.2) is 4.52 Å². The summed E-state index contributed by atoms with van der Waals surface area (Å²) in [5.41, 5.74) is 0.794. The normalized spacial score (nSPS) is 10.5. The van der Waals surface area contributed by atoms with Crippen LogP contribution >= 0.6 is 0 Å². The maximum Gasteiger partial charge on any atom is 0.322 e. The topological polar surface area (TPSA) is 92.4 Å². The number of nitrogens with zero attached hydrogens (tertiary/aromatic N) is 1. The number of aromatic nitrogens is 1. The molecule has 0 bridgehead atoms. The van der Waals surface area contributed by atoms with Crippen LogP contribution in [0.2, 0.25) is 0 Å². The van der Waals surface area contributed by atoms with Gasteiger partial charge in [-0.25, -0.2) is 0 Å². The van der Waals surface area contributed by atoms with Gasteiger partial charge in [0.2, 0.25) is 0 Å². The fraction of sp³-hybridized carbons (Fsp3) is 0.500. The van der Waals surface area contributed by atoms with Gasteiger partial charge >= 0.3 is 5.97 Å². The van der Waals surface area contributed by atoms with Gasteiger partial charge in [0, 0.05) is 11.5 Å². The molecule has 6 heteroatoms. The Bertz CT molecular complexity index is 409. The second kappa shape index (κ2) is 4.78. The van der Waals surface area contributed by atoms with Gasteiger partial charge in [0.1, 0.15) is 12.3 Å². The van der Waals surface area contributed by atoms with E-state index < -0.39 is 18.4 Å². The third-order valence-electron chi connectivity index (χ3n) is 2.10. The predicted molar refractivity (Wildman–Crippen MR) is 55.3 cm³/mol. The molecule has 16 heavy (non-hydrogen) atoms. The summed E-state index contributed by atoms with van der Waals surface area (Å²) in [5, 5.41) is 14.3. The van der Waals surface area contributed by atoms with E-state index in [2.05, 4.69) is 10.5 Å². The van der Waals surface area contributed by atoms with Gasteiger partial charge in [-0.2, -0.15) is 0 Å². The van der Waals surface area contributed by atoms with E-state index in [0.29, 0.717) is 11.3 Å². The summed E-state index contributed by atoms with van der Waals surface area (Å²) in [7, 11) is 0. The molecule has 6 nitrogen and oxygen atoms in total. The van der Waals surface area contributed by atoms with Crippen LogP contribution in [0.1, 0.15) is 41.6 Å². The highest BCUT2D eigenvalue weighted by molar-refractivity contribution is 5.95. The lowest BCUT2D eigenvalue weighted by Gasteiger charge is -2.01. The lowest BCUT2D eigenvalue weighted by molar-refractivity contribution is -0.135. The number of nitrogens with one attached hydrogen (secondary N) is 1. The molecule has 0 radical (unpaired) electrons. The number of aliphatic carboxylic acids is 1. The number of carboxylic acid groups (broad SMARTS) is 1. The molecule has 1 amide bonds.